The topological polar surface area (TPSA) is 84.5 Å². The number of benzene rings is 1. The number of carbonyl (C=O) groups is 3. The van der Waals surface area contributed by atoms with Crippen molar-refractivity contribution in [3.63, 3.8) is 0 Å². The van der Waals surface area contributed by atoms with Crippen LogP contribution in [-0.4, -0.2) is 30.4 Å². The highest BCUT2D eigenvalue weighted by Crippen LogP contribution is 2.38. The molecule has 2 N–H and O–H groups in total. The minimum atomic E-state index is -0.446. The highest BCUT2D eigenvalue weighted by Gasteiger charge is 2.40. The second-order valence-corrected chi connectivity index (χ2v) is 6.27. The fraction of sp³-hybridized carbons (Fsp3) is 0.471. The first-order chi connectivity index (χ1) is 11.0. The van der Waals surface area contributed by atoms with E-state index in [9.17, 15) is 14.4 Å². The van der Waals surface area contributed by atoms with Gasteiger partial charge in [-0.15, -0.1) is 0 Å². The first-order valence-electron chi connectivity index (χ1n) is 7.91. The smallest absolute Gasteiger partial charge is 0.309 e. The van der Waals surface area contributed by atoms with Gasteiger partial charge < -0.3 is 15.4 Å². The molecule has 0 aromatic heterocycles. The van der Waals surface area contributed by atoms with E-state index < -0.39 is 5.91 Å². The fourth-order valence-corrected chi connectivity index (χ4v) is 2.36. The average Bonchev–Trinajstić information content (AvgIpc) is 3.44. The summed E-state index contributed by atoms with van der Waals surface area (Å²) >= 11 is 0. The van der Waals surface area contributed by atoms with Crippen LogP contribution in [0.4, 0.5) is 5.69 Å². The molecule has 1 aromatic carbocycles. The predicted octanol–water partition coefficient (Wildman–Crippen LogP) is 1.72. The van der Waals surface area contributed by atoms with Gasteiger partial charge in [0, 0.05) is 6.04 Å². The Labute approximate surface area is 134 Å². The fourth-order valence-electron chi connectivity index (χ4n) is 2.36. The lowest BCUT2D eigenvalue weighted by Crippen LogP contribution is -2.28. The SMILES string of the molecule is C[C@@H]1C[C@H]1C(=O)OCC(=O)Nc1ccccc1C(=O)NC1CC1. The second kappa shape index (κ2) is 6.40. The molecule has 0 spiro atoms. The quantitative estimate of drug-likeness (QED) is 0.783. The highest BCUT2D eigenvalue weighted by molar-refractivity contribution is 6.04. The summed E-state index contributed by atoms with van der Waals surface area (Å²) in [4.78, 5) is 35.7. The number of ether oxygens (including phenoxy) is 1. The Bertz CT molecular complexity index is 639. The van der Waals surface area contributed by atoms with Crippen LogP contribution >= 0.6 is 0 Å². The standard InChI is InChI=1S/C17H20N2O4/c1-10-8-13(10)17(22)23-9-15(20)19-14-5-3-2-4-12(14)16(21)18-11-6-7-11/h2-5,10-11,13H,6-9H2,1H3,(H,18,21)(H,19,20)/t10-,13-/m1/s1. The van der Waals surface area contributed by atoms with Crippen molar-refractivity contribution >= 4 is 23.5 Å². The maximum absolute atomic E-state index is 12.1. The van der Waals surface area contributed by atoms with Gasteiger partial charge in [-0.2, -0.15) is 0 Å². The molecular weight excluding hydrogens is 296 g/mol. The van der Waals surface area contributed by atoms with Gasteiger partial charge >= 0.3 is 5.97 Å². The molecule has 2 fully saturated rings. The molecule has 6 heteroatoms. The van der Waals surface area contributed by atoms with E-state index in [2.05, 4.69) is 10.6 Å². The Kier molecular flexibility index (Phi) is 4.32. The zero-order valence-corrected chi connectivity index (χ0v) is 13.0. The van der Waals surface area contributed by atoms with Crippen molar-refractivity contribution in [2.75, 3.05) is 11.9 Å². The van der Waals surface area contributed by atoms with Crippen LogP contribution in [0.1, 0.15) is 36.5 Å². The third-order valence-corrected chi connectivity index (χ3v) is 4.12. The Morgan fingerprint density at radius 3 is 2.57 bits per heavy atom. The molecule has 2 aliphatic rings. The zero-order valence-electron chi connectivity index (χ0n) is 13.0. The van der Waals surface area contributed by atoms with Gasteiger partial charge in [0.05, 0.1) is 17.2 Å². The molecule has 2 atom stereocenters. The van der Waals surface area contributed by atoms with E-state index in [1.54, 1.807) is 24.3 Å². The Hall–Kier alpha value is -2.37. The number of hydrogen-bond acceptors (Lipinski definition) is 4. The van der Waals surface area contributed by atoms with Crippen molar-refractivity contribution in [1.82, 2.24) is 5.32 Å². The molecule has 0 unspecified atom stereocenters. The maximum Gasteiger partial charge on any atom is 0.309 e. The van der Waals surface area contributed by atoms with Gasteiger partial charge in [-0.25, -0.2) is 0 Å². The number of esters is 1. The van der Waals surface area contributed by atoms with Crippen LogP contribution in [0, 0.1) is 11.8 Å². The molecular formula is C17H20N2O4. The zero-order chi connectivity index (χ0) is 16.4. The Morgan fingerprint density at radius 2 is 1.91 bits per heavy atom. The molecule has 0 bridgehead atoms. The van der Waals surface area contributed by atoms with Crippen LogP contribution < -0.4 is 10.6 Å². The predicted molar refractivity (Wildman–Crippen MR) is 83.8 cm³/mol. The summed E-state index contributed by atoms with van der Waals surface area (Å²) in [7, 11) is 0. The Morgan fingerprint density at radius 1 is 1.22 bits per heavy atom. The van der Waals surface area contributed by atoms with Gasteiger partial charge in [-0.3, -0.25) is 14.4 Å². The van der Waals surface area contributed by atoms with Gasteiger partial charge in [0.2, 0.25) is 0 Å². The molecule has 2 aliphatic carbocycles. The number of nitrogens with one attached hydrogen (secondary N) is 2. The summed E-state index contributed by atoms with van der Waals surface area (Å²) in [5.74, 6) is -0.699. The van der Waals surface area contributed by atoms with Crippen LogP contribution in [-0.2, 0) is 14.3 Å². The van der Waals surface area contributed by atoms with Crippen molar-refractivity contribution < 1.29 is 19.1 Å². The van der Waals surface area contributed by atoms with E-state index in [0.717, 1.165) is 19.3 Å². The van der Waals surface area contributed by atoms with Crippen LogP contribution in [0.2, 0.25) is 0 Å². The third-order valence-electron chi connectivity index (χ3n) is 4.12. The summed E-state index contributed by atoms with van der Waals surface area (Å²) in [6.45, 7) is 1.64. The van der Waals surface area contributed by atoms with Crippen molar-refractivity contribution in [3.8, 4) is 0 Å². The van der Waals surface area contributed by atoms with E-state index in [0.29, 0.717) is 17.2 Å². The maximum atomic E-state index is 12.1. The molecule has 23 heavy (non-hydrogen) atoms. The molecule has 2 amide bonds. The molecule has 6 nitrogen and oxygen atoms in total. The van der Waals surface area contributed by atoms with Crippen molar-refractivity contribution in [1.29, 1.82) is 0 Å². The van der Waals surface area contributed by atoms with E-state index in [1.165, 1.54) is 0 Å². The van der Waals surface area contributed by atoms with Crippen molar-refractivity contribution in [2.45, 2.75) is 32.2 Å². The van der Waals surface area contributed by atoms with Crippen molar-refractivity contribution in [3.05, 3.63) is 29.8 Å². The summed E-state index contributed by atoms with van der Waals surface area (Å²) < 4.78 is 4.99. The van der Waals surface area contributed by atoms with E-state index in [4.69, 9.17) is 4.74 Å². The van der Waals surface area contributed by atoms with Gasteiger partial charge in [0.15, 0.2) is 6.61 Å². The molecule has 2 saturated carbocycles. The third kappa shape index (κ3) is 4.09. The summed E-state index contributed by atoms with van der Waals surface area (Å²) in [6.07, 6.45) is 2.82. The van der Waals surface area contributed by atoms with Crippen LogP contribution in [0.15, 0.2) is 24.3 Å². The molecule has 0 aliphatic heterocycles. The molecule has 0 radical (unpaired) electrons. The minimum Gasteiger partial charge on any atom is -0.455 e. The summed E-state index contributed by atoms with van der Waals surface area (Å²) in [5.41, 5.74) is 0.835. The largest absolute Gasteiger partial charge is 0.455 e. The molecule has 0 heterocycles. The van der Waals surface area contributed by atoms with E-state index in [-0.39, 0.29) is 30.4 Å². The van der Waals surface area contributed by atoms with E-state index in [1.807, 2.05) is 6.92 Å². The van der Waals surface area contributed by atoms with Crippen molar-refractivity contribution in [2.24, 2.45) is 11.8 Å². The lowest BCUT2D eigenvalue weighted by molar-refractivity contribution is -0.148. The number of amides is 2. The number of carbonyl (C=O) groups excluding carboxylic acids is 3. The van der Waals surface area contributed by atoms with Crippen LogP contribution in [0.5, 0.6) is 0 Å². The number of anilines is 1. The number of para-hydroxylation sites is 1. The first-order valence-corrected chi connectivity index (χ1v) is 7.91. The van der Waals surface area contributed by atoms with Gasteiger partial charge in [0.25, 0.3) is 11.8 Å². The van der Waals surface area contributed by atoms with Crippen LogP contribution in [0.25, 0.3) is 0 Å². The van der Waals surface area contributed by atoms with Gasteiger partial charge in [0.1, 0.15) is 0 Å². The summed E-state index contributed by atoms with van der Waals surface area (Å²) in [5, 5.41) is 5.52. The second-order valence-electron chi connectivity index (χ2n) is 6.27. The summed E-state index contributed by atoms with van der Waals surface area (Å²) in [6, 6.07) is 7.04. The minimum absolute atomic E-state index is 0.0700. The Balaban J connectivity index is 1.55. The number of hydrogen-bond donors (Lipinski definition) is 2. The van der Waals surface area contributed by atoms with Gasteiger partial charge in [-0.05, 0) is 37.3 Å². The molecule has 1 aromatic rings. The van der Waals surface area contributed by atoms with Crippen LogP contribution in [0.3, 0.4) is 0 Å². The normalized spacial score (nSPS) is 22.1. The highest BCUT2D eigenvalue weighted by atomic mass is 16.5. The monoisotopic (exact) mass is 316 g/mol. The first kappa shape index (κ1) is 15.5. The lowest BCUT2D eigenvalue weighted by Gasteiger charge is -2.11. The molecule has 0 saturated heterocycles. The van der Waals surface area contributed by atoms with Gasteiger partial charge in [-0.1, -0.05) is 19.1 Å². The molecule has 3 rings (SSSR count). The average molecular weight is 316 g/mol. The number of rotatable bonds is 6. The lowest BCUT2D eigenvalue weighted by atomic mass is 10.1. The van der Waals surface area contributed by atoms with E-state index >= 15 is 0 Å². The molecule has 122 valence electrons.